The summed E-state index contributed by atoms with van der Waals surface area (Å²) in [7, 11) is 1.62. The van der Waals surface area contributed by atoms with Crippen molar-refractivity contribution in [1.29, 1.82) is 0 Å². The van der Waals surface area contributed by atoms with E-state index in [-0.39, 0.29) is 0 Å². The molecule has 0 radical (unpaired) electrons. The highest BCUT2D eigenvalue weighted by molar-refractivity contribution is 5.93. The first-order chi connectivity index (χ1) is 12.2. The Labute approximate surface area is 147 Å². The Morgan fingerprint density at radius 2 is 2.00 bits per heavy atom. The van der Waals surface area contributed by atoms with Crippen molar-refractivity contribution in [3.63, 3.8) is 0 Å². The number of rotatable bonds is 6. The molecule has 0 spiro atoms. The Morgan fingerprint density at radius 3 is 2.80 bits per heavy atom. The van der Waals surface area contributed by atoms with Crippen molar-refractivity contribution in [2.45, 2.75) is 13.1 Å². The summed E-state index contributed by atoms with van der Waals surface area (Å²) < 4.78 is 7.18. The van der Waals surface area contributed by atoms with Crippen molar-refractivity contribution in [2.24, 2.45) is 10.7 Å². The van der Waals surface area contributed by atoms with Crippen LogP contribution in [0.3, 0.4) is 0 Å². The van der Waals surface area contributed by atoms with Gasteiger partial charge in [0.25, 0.3) is 0 Å². The van der Waals surface area contributed by atoms with Crippen LogP contribution in [0.5, 0.6) is 5.75 Å². The summed E-state index contributed by atoms with van der Waals surface area (Å²) in [5.74, 6) is 1.07. The molecule has 3 N–H and O–H groups in total. The quantitative estimate of drug-likeness (QED) is 0.536. The first-order valence-corrected chi connectivity index (χ1v) is 8.00. The summed E-state index contributed by atoms with van der Waals surface area (Å²) in [6, 6.07) is 17.7. The Balaban J connectivity index is 1.64. The van der Waals surface area contributed by atoms with Crippen LogP contribution in [-0.4, -0.2) is 22.8 Å². The first kappa shape index (κ1) is 16.6. The summed E-state index contributed by atoms with van der Waals surface area (Å²) in [5.41, 5.74) is 9.05. The number of hydrogen-bond acceptors (Lipinski definition) is 3. The molecular weight excluding hydrogens is 314 g/mol. The number of nitrogens with zero attached hydrogens (tertiary/aromatic N) is 3. The van der Waals surface area contributed by atoms with Crippen LogP contribution in [0.15, 0.2) is 72.0 Å². The fraction of sp³-hybridized carbons (Fsp3) is 0.158. The standard InChI is InChI=1S/C19H21N5O/c1-25-18-9-3-2-8-17(18)23-19(20)21-13-15-6-4-7-16(12-15)14-24-11-5-10-22-24/h2-12H,13-14H2,1H3,(H3,20,21,23). The minimum Gasteiger partial charge on any atom is -0.495 e. The van der Waals surface area contributed by atoms with Crippen molar-refractivity contribution in [3.8, 4) is 5.75 Å². The number of hydrogen-bond donors (Lipinski definition) is 2. The van der Waals surface area contributed by atoms with Gasteiger partial charge in [-0.05, 0) is 29.3 Å². The van der Waals surface area contributed by atoms with Gasteiger partial charge in [0.15, 0.2) is 5.96 Å². The Bertz CT molecular complexity index is 843. The number of para-hydroxylation sites is 2. The van der Waals surface area contributed by atoms with Crippen LogP contribution in [0.25, 0.3) is 0 Å². The van der Waals surface area contributed by atoms with E-state index in [1.54, 1.807) is 13.3 Å². The largest absolute Gasteiger partial charge is 0.495 e. The van der Waals surface area contributed by atoms with Crippen LogP contribution in [0, 0.1) is 0 Å². The molecule has 6 nitrogen and oxygen atoms in total. The third kappa shape index (κ3) is 4.60. The zero-order valence-corrected chi connectivity index (χ0v) is 14.1. The predicted molar refractivity (Wildman–Crippen MR) is 99.7 cm³/mol. The number of nitrogens with two attached hydrogens (primary N) is 1. The van der Waals surface area contributed by atoms with E-state index < -0.39 is 0 Å². The molecular formula is C19H21N5O. The molecule has 128 valence electrons. The number of anilines is 1. The van der Waals surface area contributed by atoms with Crippen molar-refractivity contribution in [1.82, 2.24) is 9.78 Å². The molecule has 0 fully saturated rings. The van der Waals surface area contributed by atoms with E-state index in [0.29, 0.717) is 12.5 Å². The van der Waals surface area contributed by atoms with Gasteiger partial charge in [0.2, 0.25) is 0 Å². The van der Waals surface area contributed by atoms with Crippen LogP contribution in [0.1, 0.15) is 11.1 Å². The molecule has 25 heavy (non-hydrogen) atoms. The second-order valence-corrected chi connectivity index (χ2v) is 5.55. The molecule has 0 aliphatic rings. The molecule has 1 aromatic heterocycles. The summed E-state index contributed by atoms with van der Waals surface area (Å²) in [6.07, 6.45) is 3.72. The van der Waals surface area contributed by atoms with Gasteiger partial charge in [-0.25, -0.2) is 4.99 Å². The Morgan fingerprint density at radius 1 is 1.16 bits per heavy atom. The van der Waals surface area contributed by atoms with E-state index >= 15 is 0 Å². The van der Waals surface area contributed by atoms with Crippen LogP contribution < -0.4 is 15.8 Å². The van der Waals surface area contributed by atoms with Crippen molar-refractivity contribution < 1.29 is 4.74 Å². The molecule has 0 aliphatic heterocycles. The molecule has 1 heterocycles. The SMILES string of the molecule is COc1ccccc1NC(N)=NCc1cccc(Cn2cccn2)c1. The van der Waals surface area contributed by atoms with Crippen molar-refractivity contribution >= 4 is 11.6 Å². The van der Waals surface area contributed by atoms with Gasteiger partial charge in [-0.15, -0.1) is 0 Å². The van der Waals surface area contributed by atoms with Gasteiger partial charge in [0, 0.05) is 12.4 Å². The third-order valence-electron chi connectivity index (χ3n) is 3.70. The second-order valence-electron chi connectivity index (χ2n) is 5.55. The lowest BCUT2D eigenvalue weighted by atomic mass is 10.1. The van der Waals surface area contributed by atoms with Crippen LogP contribution in [0.2, 0.25) is 0 Å². The van der Waals surface area contributed by atoms with E-state index in [0.717, 1.165) is 23.5 Å². The van der Waals surface area contributed by atoms with Gasteiger partial charge in [-0.3, -0.25) is 4.68 Å². The zero-order chi connectivity index (χ0) is 17.5. The molecule has 2 aromatic carbocycles. The Hall–Kier alpha value is -3.28. The van der Waals surface area contributed by atoms with Gasteiger partial charge < -0.3 is 15.8 Å². The second kappa shape index (κ2) is 8.01. The zero-order valence-electron chi connectivity index (χ0n) is 14.1. The number of methoxy groups -OCH3 is 1. The van der Waals surface area contributed by atoms with Crippen LogP contribution >= 0.6 is 0 Å². The third-order valence-corrected chi connectivity index (χ3v) is 3.70. The van der Waals surface area contributed by atoms with Gasteiger partial charge in [0.05, 0.1) is 25.9 Å². The Kier molecular flexibility index (Phi) is 5.31. The molecule has 0 aliphatic carbocycles. The minimum atomic E-state index is 0.349. The molecule has 6 heteroatoms. The maximum atomic E-state index is 5.99. The molecule has 3 rings (SSSR count). The van der Waals surface area contributed by atoms with Crippen molar-refractivity contribution in [2.75, 3.05) is 12.4 Å². The normalized spacial score (nSPS) is 11.3. The molecule has 0 amide bonds. The van der Waals surface area contributed by atoms with E-state index in [1.165, 1.54) is 5.56 Å². The highest BCUT2D eigenvalue weighted by Crippen LogP contribution is 2.22. The summed E-state index contributed by atoms with van der Waals surface area (Å²) in [5, 5.41) is 7.30. The fourth-order valence-corrected chi connectivity index (χ4v) is 2.51. The van der Waals surface area contributed by atoms with Gasteiger partial charge in [-0.1, -0.05) is 36.4 Å². The smallest absolute Gasteiger partial charge is 0.193 e. The number of nitrogens with one attached hydrogen (secondary N) is 1. The number of benzene rings is 2. The molecule has 3 aromatic rings. The summed E-state index contributed by atoms with van der Waals surface area (Å²) in [4.78, 5) is 4.41. The lowest BCUT2D eigenvalue weighted by Gasteiger charge is -2.10. The van der Waals surface area contributed by atoms with Crippen LogP contribution in [-0.2, 0) is 13.1 Å². The maximum absolute atomic E-state index is 5.99. The van der Waals surface area contributed by atoms with Gasteiger partial charge >= 0.3 is 0 Å². The highest BCUT2D eigenvalue weighted by atomic mass is 16.5. The maximum Gasteiger partial charge on any atom is 0.193 e. The highest BCUT2D eigenvalue weighted by Gasteiger charge is 2.03. The number of aromatic nitrogens is 2. The number of aliphatic imine (C=N–C) groups is 1. The molecule has 0 bridgehead atoms. The van der Waals surface area contributed by atoms with E-state index in [1.807, 2.05) is 53.3 Å². The lowest BCUT2D eigenvalue weighted by molar-refractivity contribution is 0.417. The number of guanidine groups is 1. The van der Waals surface area contributed by atoms with Gasteiger partial charge in [-0.2, -0.15) is 5.10 Å². The summed E-state index contributed by atoms with van der Waals surface area (Å²) in [6.45, 7) is 1.24. The molecule has 0 atom stereocenters. The van der Waals surface area contributed by atoms with E-state index in [4.69, 9.17) is 10.5 Å². The topological polar surface area (TPSA) is 77.5 Å². The average Bonchev–Trinajstić information content (AvgIpc) is 3.14. The van der Waals surface area contributed by atoms with Crippen LogP contribution in [0.4, 0.5) is 5.69 Å². The molecule has 0 saturated heterocycles. The molecule has 0 unspecified atom stereocenters. The summed E-state index contributed by atoms with van der Waals surface area (Å²) >= 11 is 0. The van der Waals surface area contributed by atoms with E-state index in [2.05, 4.69) is 27.5 Å². The van der Waals surface area contributed by atoms with E-state index in [9.17, 15) is 0 Å². The minimum absolute atomic E-state index is 0.349. The number of ether oxygens (including phenoxy) is 1. The predicted octanol–water partition coefficient (Wildman–Crippen LogP) is 2.87. The van der Waals surface area contributed by atoms with Gasteiger partial charge in [0.1, 0.15) is 5.75 Å². The molecule has 0 saturated carbocycles. The monoisotopic (exact) mass is 335 g/mol. The fourth-order valence-electron chi connectivity index (χ4n) is 2.51. The lowest BCUT2D eigenvalue weighted by Crippen LogP contribution is -2.22. The van der Waals surface area contributed by atoms with Crippen molar-refractivity contribution in [3.05, 3.63) is 78.1 Å². The first-order valence-electron chi connectivity index (χ1n) is 8.00. The average molecular weight is 335 g/mol.